The van der Waals surface area contributed by atoms with Crippen LogP contribution in [0.2, 0.25) is 0 Å². The number of carbonyl (C=O) groups is 1. The monoisotopic (exact) mass is 272 g/mol. The number of benzene rings is 1. The minimum Gasteiger partial charge on any atom is -0.503 e. The smallest absolute Gasteiger partial charge is 0.335 e. The van der Waals surface area contributed by atoms with E-state index in [4.69, 9.17) is 9.84 Å². The normalized spacial score (nSPS) is 9.73. The Hall–Kier alpha value is -1.49. The van der Waals surface area contributed by atoms with Gasteiger partial charge in [0.2, 0.25) is 0 Å². The van der Waals surface area contributed by atoms with Crippen LogP contribution in [0, 0.1) is 0 Å². The fourth-order valence-corrected chi connectivity index (χ4v) is 1.63. The predicted octanol–water partition coefficient (Wildman–Crippen LogP) is 2.26. The van der Waals surface area contributed by atoms with Crippen molar-refractivity contribution in [3.8, 4) is 11.5 Å². The third-order valence-corrected chi connectivity index (χ3v) is 2.69. The lowest BCUT2D eigenvalue weighted by molar-refractivity contribution is -0.130. The molecule has 4 nitrogen and oxygen atoms in total. The highest BCUT2D eigenvalue weighted by molar-refractivity contribution is 9.10. The molecule has 0 aliphatic heterocycles. The van der Waals surface area contributed by atoms with Gasteiger partial charge in [-0.05, 0) is 28.1 Å². The van der Waals surface area contributed by atoms with Gasteiger partial charge in [-0.15, -0.1) is 0 Å². The topological polar surface area (TPSA) is 66.8 Å². The highest BCUT2D eigenvalue weighted by Gasteiger charge is 2.16. The maximum Gasteiger partial charge on any atom is 0.335 e. The zero-order chi connectivity index (χ0) is 11.6. The molecule has 0 aliphatic rings. The van der Waals surface area contributed by atoms with Crippen LogP contribution in [0.15, 0.2) is 23.2 Å². The molecule has 0 bridgehead atoms. The summed E-state index contributed by atoms with van der Waals surface area (Å²) in [7, 11) is 1.41. The molecule has 0 radical (unpaired) electrons. The summed E-state index contributed by atoms with van der Waals surface area (Å²) in [6, 6.07) is 2.99. The fourth-order valence-electron chi connectivity index (χ4n) is 1.06. The Morgan fingerprint density at radius 3 is 2.60 bits per heavy atom. The molecule has 0 atom stereocenters. The average Bonchev–Trinajstić information content (AvgIpc) is 2.21. The van der Waals surface area contributed by atoms with E-state index in [0.29, 0.717) is 5.56 Å². The summed E-state index contributed by atoms with van der Waals surface area (Å²) < 4.78 is 5.12. The van der Waals surface area contributed by atoms with Crippen molar-refractivity contribution in [1.29, 1.82) is 0 Å². The van der Waals surface area contributed by atoms with Crippen molar-refractivity contribution in [2.75, 3.05) is 7.11 Å². The molecule has 0 aromatic heterocycles. The number of carboxylic acid groups (broad SMARTS) is 1. The van der Waals surface area contributed by atoms with Gasteiger partial charge in [0.05, 0.1) is 17.2 Å². The first-order valence-electron chi connectivity index (χ1n) is 3.97. The van der Waals surface area contributed by atoms with Crippen molar-refractivity contribution < 1.29 is 19.7 Å². The number of methoxy groups -OCH3 is 1. The molecule has 0 aliphatic carbocycles. The Balaban J connectivity index is 3.29. The number of hydrogen-bond acceptors (Lipinski definition) is 3. The zero-order valence-electron chi connectivity index (χ0n) is 7.95. The number of carboxylic acids is 1. The number of ether oxygens (including phenoxy) is 1. The van der Waals surface area contributed by atoms with E-state index >= 15 is 0 Å². The van der Waals surface area contributed by atoms with Crippen molar-refractivity contribution in [3.63, 3.8) is 0 Å². The van der Waals surface area contributed by atoms with Gasteiger partial charge in [-0.25, -0.2) is 4.79 Å². The first-order chi connectivity index (χ1) is 6.99. The van der Waals surface area contributed by atoms with E-state index in [-0.39, 0.29) is 21.5 Å². The molecule has 80 valence electrons. The maximum atomic E-state index is 10.7. The second-order valence-corrected chi connectivity index (χ2v) is 3.55. The van der Waals surface area contributed by atoms with Crippen LogP contribution in [0.3, 0.4) is 0 Å². The van der Waals surface area contributed by atoms with Gasteiger partial charge in [0.1, 0.15) is 0 Å². The van der Waals surface area contributed by atoms with E-state index in [1.807, 2.05) is 0 Å². The van der Waals surface area contributed by atoms with E-state index in [2.05, 4.69) is 22.5 Å². The molecule has 0 heterocycles. The van der Waals surface area contributed by atoms with Crippen LogP contribution in [0.5, 0.6) is 11.5 Å². The molecule has 0 unspecified atom stereocenters. The minimum absolute atomic E-state index is 0.0974. The maximum absolute atomic E-state index is 10.7. The number of halogens is 1. The summed E-state index contributed by atoms with van der Waals surface area (Å²) in [4.78, 5) is 10.7. The van der Waals surface area contributed by atoms with Gasteiger partial charge in [-0.2, -0.15) is 0 Å². The van der Waals surface area contributed by atoms with Crippen LogP contribution in [-0.4, -0.2) is 23.3 Å². The summed E-state index contributed by atoms with van der Waals surface area (Å²) in [6.45, 7) is 3.40. The second kappa shape index (κ2) is 4.35. The third-order valence-electron chi connectivity index (χ3n) is 1.88. The van der Waals surface area contributed by atoms with E-state index in [0.717, 1.165) is 0 Å². The molecule has 0 amide bonds. The van der Waals surface area contributed by atoms with Crippen molar-refractivity contribution in [2.24, 2.45) is 0 Å². The van der Waals surface area contributed by atoms with Crippen molar-refractivity contribution in [3.05, 3.63) is 28.7 Å². The molecular weight excluding hydrogens is 264 g/mol. The molecule has 2 N–H and O–H groups in total. The number of phenolic OH excluding ortho intramolecular Hbond substituents is 1. The molecule has 0 saturated heterocycles. The second-order valence-electron chi connectivity index (χ2n) is 2.76. The van der Waals surface area contributed by atoms with Crippen LogP contribution in [0.4, 0.5) is 0 Å². The molecule has 5 heteroatoms. The Bertz CT molecular complexity index is 426. The summed E-state index contributed by atoms with van der Waals surface area (Å²) in [5.41, 5.74) is 0.223. The molecule has 0 fully saturated rings. The summed E-state index contributed by atoms with van der Waals surface area (Å²) in [6.07, 6.45) is 0. The van der Waals surface area contributed by atoms with Crippen molar-refractivity contribution in [2.45, 2.75) is 0 Å². The van der Waals surface area contributed by atoms with E-state index in [1.165, 1.54) is 19.2 Å². The highest BCUT2D eigenvalue weighted by Crippen LogP contribution is 2.38. The Labute approximate surface area is 94.9 Å². The quantitative estimate of drug-likeness (QED) is 0.829. The molecular formula is C10H9BrO4. The van der Waals surface area contributed by atoms with Gasteiger partial charge in [0, 0.05) is 5.56 Å². The van der Waals surface area contributed by atoms with E-state index < -0.39 is 5.97 Å². The Morgan fingerprint density at radius 1 is 1.53 bits per heavy atom. The van der Waals surface area contributed by atoms with Gasteiger partial charge in [0.25, 0.3) is 0 Å². The Kier molecular flexibility index (Phi) is 3.36. The Morgan fingerprint density at radius 2 is 2.13 bits per heavy atom. The van der Waals surface area contributed by atoms with Gasteiger partial charge < -0.3 is 14.9 Å². The van der Waals surface area contributed by atoms with Crippen LogP contribution in [0.25, 0.3) is 5.57 Å². The average molecular weight is 273 g/mol. The van der Waals surface area contributed by atoms with E-state index in [1.54, 1.807) is 0 Å². The summed E-state index contributed by atoms with van der Waals surface area (Å²) >= 11 is 3.09. The lowest BCUT2D eigenvalue weighted by Gasteiger charge is -2.09. The highest BCUT2D eigenvalue weighted by atomic mass is 79.9. The number of hydrogen-bond donors (Lipinski definition) is 2. The van der Waals surface area contributed by atoms with Crippen molar-refractivity contribution >= 4 is 27.5 Å². The SMILES string of the molecule is C=C(C(=O)O)c1ccc(OC)c(O)c1Br. The van der Waals surface area contributed by atoms with Crippen LogP contribution in [-0.2, 0) is 4.79 Å². The lowest BCUT2D eigenvalue weighted by atomic mass is 10.1. The molecule has 1 aromatic rings. The summed E-state index contributed by atoms with van der Waals surface area (Å²) in [5, 5.41) is 18.3. The number of rotatable bonds is 3. The van der Waals surface area contributed by atoms with Gasteiger partial charge in [0.15, 0.2) is 11.5 Å². The van der Waals surface area contributed by atoms with Crippen molar-refractivity contribution in [1.82, 2.24) is 0 Å². The largest absolute Gasteiger partial charge is 0.503 e. The van der Waals surface area contributed by atoms with Crippen LogP contribution >= 0.6 is 15.9 Å². The first-order valence-corrected chi connectivity index (χ1v) is 4.76. The standard InChI is InChI=1S/C10H9BrO4/c1-5(10(13)14)6-3-4-7(15-2)9(12)8(6)11/h3-4,12H,1H2,2H3,(H,13,14). The summed E-state index contributed by atoms with van der Waals surface area (Å²) in [5.74, 6) is -1.01. The zero-order valence-corrected chi connectivity index (χ0v) is 9.54. The van der Waals surface area contributed by atoms with Gasteiger partial charge in [-0.3, -0.25) is 0 Å². The molecule has 0 saturated carbocycles. The first kappa shape index (κ1) is 11.6. The van der Waals surface area contributed by atoms with Gasteiger partial charge >= 0.3 is 5.97 Å². The van der Waals surface area contributed by atoms with E-state index in [9.17, 15) is 9.90 Å². The third kappa shape index (κ3) is 2.12. The lowest BCUT2D eigenvalue weighted by Crippen LogP contribution is -1.99. The number of aromatic hydroxyl groups is 1. The van der Waals surface area contributed by atoms with Crippen LogP contribution < -0.4 is 4.74 Å². The number of phenols is 1. The fraction of sp³-hybridized carbons (Fsp3) is 0.100. The molecule has 1 rings (SSSR count). The van der Waals surface area contributed by atoms with Gasteiger partial charge in [-0.1, -0.05) is 6.58 Å². The van der Waals surface area contributed by atoms with Crippen LogP contribution in [0.1, 0.15) is 5.56 Å². The minimum atomic E-state index is -1.14. The number of aliphatic carboxylic acids is 1. The predicted molar refractivity (Wildman–Crippen MR) is 59.0 cm³/mol. The molecule has 1 aromatic carbocycles. The molecule has 15 heavy (non-hydrogen) atoms. The molecule has 0 spiro atoms.